The molecule has 1 amide bonds. The molecule has 0 radical (unpaired) electrons. The first-order valence-electron chi connectivity index (χ1n) is 4.69. The van der Waals surface area contributed by atoms with Crippen molar-refractivity contribution in [3.05, 3.63) is 48.3 Å². The lowest BCUT2D eigenvalue weighted by Gasteiger charge is -2.03. The van der Waals surface area contributed by atoms with Gasteiger partial charge in [0.2, 0.25) is 5.95 Å². The number of hydrogen-bond acceptors (Lipinski definition) is 4. The van der Waals surface area contributed by atoms with Gasteiger partial charge in [0.25, 0.3) is 5.91 Å². The smallest absolute Gasteiger partial charge is 0.251 e. The number of primary amides is 1. The molecule has 1 heterocycles. The van der Waals surface area contributed by atoms with Crippen molar-refractivity contribution in [2.45, 2.75) is 0 Å². The Morgan fingerprint density at radius 2 is 1.75 bits per heavy atom. The van der Waals surface area contributed by atoms with Gasteiger partial charge in [0, 0.05) is 18.1 Å². The fourth-order valence-corrected chi connectivity index (χ4v) is 1.17. The van der Waals surface area contributed by atoms with Gasteiger partial charge in [0.1, 0.15) is 0 Å². The number of carbonyl (C=O) groups excluding carboxylic acids is 1. The number of hydrogen-bond donors (Lipinski definition) is 2. The molecule has 1 aromatic heterocycles. The summed E-state index contributed by atoms with van der Waals surface area (Å²) in [5.41, 5.74) is 6.25. The first kappa shape index (κ1) is 10.1. The summed E-state index contributed by atoms with van der Waals surface area (Å²) in [4.78, 5) is 18.7. The molecule has 16 heavy (non-hydrogen) atoms. The Bertz CT molecular complexity index is 481. The van der Waals surface area contributed by atoms with Crippen LogP contribution in [0, 0.1) is 0 Å². The van der Waals surface area contributed by atoms with Gasteiger partial charge in [0.15, 0.2) is 0 Å². The number of anilines is 2. The average molecular weight is 214 g/mol. The number of carbonyl (C=O) groups is 1. The second kappa shape index (κ2) is 4.39. The highest BCUT2D eigenvalue weighted by Crippen LogP contribution is 2.10. The van der Waals surface area contributed by atoms with Crippen LogP contribution in [0.2, 0.25) is 0 Å². The van der Waals surface area contributed by atoms with Gasteiger partial charge in [0.05, 0.1) is 5.56 Å². The quantitative estimate of drug-likeness (QED) is 0.807. The molecule has 0 spiro atoms. The lowest BCUT2D eigenvalue weighted by atomic mass is 10.3. The number of nitrogens with two attached hydrogens (primary N) is 1. The van der Waals surface area contributed by atoms with Crippen LogP contribution in [0.4, 0.5) is 11.6 Å². The zero-order valence-corrected chi connectivity index (χ0v) is 8.42. The fourth-order valence-electron chi connectivity index (χ4n) is 1.17. The second-order valence-electron chi connectivity index (χ2n) is 3.15. The first-order valence-corrected chi connectivity index (χ1v) is 4.69. The lowest BCUT2D eigenvalue weighted by molar-refractivity contribution is 0.0999. The largest absolute Gasteiger partial charge is 0.366 e. The minimum atomic E-state index is -0.536. The van der Waals surface area contributed by atoms with E-state index in [4.69, 9.17) is 5.73 Å². The van der Waals surface area contributed by atoms with Gasteiger partial charge in [-0.3, -0.25) is 4.79 Å². The summed E-state index contributed by atoms with van der Waals surface area (Å²) < 4.78 is 0. The topological polar surface area (TPSA) is 80.9 Å². The number of rotatable bonds is 3. The maximum Gasteiger partial charge on any atom is 0.251 e. The Morgan fingerprint density at radius 1 is 1.12 bits per heavy atom. The SMILES string of the molecule is NC(=O)c1cnc(Nc2ccccc2)nc1. The van der Waals surface area contributed by atoms with Crippen molar-refractivity contribution in [2.75, 3.05) is 5.32 Å². The molecule has 2 aromatic rings. The van der Waals surface area contributed by atoms with Gasteiger partial charge in [-0.15, -0.1) is 0 Å². The van der Waals surface area contributed by atoms with Crippen LogP contribution in [0.15, 0.2) is 42.7 Å². The summed E-state index contributed by atoms with van der Waals surface area (Å²) in [5, 5.41) is 3.00. The van der Waals surface area contributed by atoms with Crippen LogP contribution in [0.3, 0.4) is 0 Å². The fraction of sp³-hybridized carbons (Fsp3) is 0. The van der Waals surface area contributed by atoms with Crippen LogP contribution in [0.5, 0.6) is 0 Å². The molecule has 5 heteroatoms. The Kier molecular flexibility index (Phi) is 2.77. The van der Waals surface area contributed by atoms with Gasteiger partial charge in [-0.25, -0.2) is 9.97 Å². The van der Waals surface area contributed by atoms with E-state index < -0.39 is 5.91 Å². The maximum atomic E-state index is 10.8. The monoisotopic (exact) mass is 214 g/mol. The molecule has 5 nitrogen and oxygen atoms in total. The van der Waals surface area contributed by atoms with Crippen LogP contribution in [0.25, 0.3) is 0 Å². The van der Waals surface area contributed by atoms with Gasteiger partial charge in [-0.2, -0.15) is 0 Å². The minimum Gasteiger partial charge on any atom is -0.366 e. The van der Waals surface area contributed by atoms with Gasteiger partial charge in [-0.05, 0) is 12.1 Å². The van der Waals surface area contributed by atoms with Crippen molar-refractivity contribution in [2.24, 2.45) is 5.73 Å². The van der Waals surface area contributed by atoms with Crippen LogP contribution in [0.1, 0.15) is 10.4 Å². The van der Waals surface area contributed by atoms with E-state index in [1.54, 1.807) is 0 Å². The summed E-state index contributed by atoms with van der Waals surface area (Å²) >= 11 is 0. The third kappa shape index (κ3) is 2.33. The molecule has 1 aromatic carbocycles. The van der Waals surface area contributed by atoms with E-state index in [2.05, 4.69) is 15.3 Å². The van der Waals surface area contributed by atoms with Crippen LogP contribution in [-0.2, 0) is 0 Å². The van der Waals surface area contributed by atoms with Gasteiger partial charge >= 0.3 is 0 Å². The summed E-state index contributed by atoms with van der Waals surface area (Å²) in [5.74, 6) is -0.109. The molecule has 2 rings (SSSR count). The number of benzene rings is 1. The van der Waals surface area contributed by atoms with E-state index in [9.17, 15) is 4.79 Å². The van der Waals surface area contributed by atoms with Crippen molar-refractivity contribution in [3.63, 3.8) is 0 Å². The van der Waals surface area contributed by atoms with Crippen LogP contribution >= 0.6 is 0 Å². The molecule has 3 N–H and O–H groups in total. The molecule has 0 saturated heterocycles. The molecule has 0 atom stereocenters. The van der Waals surface area contributed by atoms with E-state index in [0.29, 0.717) is 11.5 Å². The summed E-state index contributed by atoms with van der Waals surface area (Å²) in [7, 11) is 0. The Hall–Kier alpha value is -2.43. The third-order valence-corrected chi connectivity index (χ3v) is 1.97. The minimum absolute atomic E-state index is 0.290. The predicted molar refractivity (Wildman–Crippen MR) is 60.3 cm³/mol. The number of nitrogens with one attached hydrogen (secondary N) is 1. The molecule has 0 fully saturated rings. The molecule has 0 aliphatic carbocycles. The predicted octanol–water partition coefficient (Wildman–Crippen LogP) is 1.32. The van der Waals surface area contributed by atoms with Crippen LogP contribution in [-0.4, -0.2) is 15.9 Å². The number of amides is 1. The third-order valence-electron chi connectivity index (χ3n) is 1.97. The van der Waals surface area contributed by atoms with Crippen molar-refractivity contribution in [3.8, 4) is 0 Å². The molecule has 0 aliphatic rings. The highest BCUT2D eigenvalue weighted by molar-refractivity contribution is 5.92. The van der Waals surface area contributed by atoms with E-state index in [1.165, 1.54) is 12.4 Å². The Labute approximate surface area is 92.3 Å². The lowest BCUT2D eigenvalue weighted by Crippen LogP contribution is -2.12. The summed E-state index contributed by atoms with van der Waals surface area (Å²) in [6.45, 7) is 0. The molecular formula is C11H10N4O. The normalized spacial score (nSPS) is 9.75. The van der Waals surface area contributed by atoms with E-state index in [-0.39, 0.29) is 0 Å². The van der Waals surface area contributed by atoms with E-state index >= 15 is 0 Å². The molecule has 0 saturated carbocycles. The molecule has 80 valence electrons. The maximum absolute atomic E-state index is 10.8. The molecular weight excluding hydrogens is 204 g/mol. The number of nitrogens with zero attached hydrogens (tertiary/aromatic N) is 2. The molecule has 0 bridgehead atoms. The van der Waals surface area contributed by atoms with Crippen LogP contribution < -0.4 is 11.1 Å². The van der Waals surface area contributed by atoms with Crippen molar-refractivity contribution >= 4 is 17.5 Å². The van der Waals surface area contributed by atoms with E-state index in [0.717, 1.165) is 5.69 Å². The molecule has 0 unspecified atom stereocenters. The van der Waals surface area contributed by atoms with Gasteiger partial charge < -0.3 is 11.1 Å². The number of aromatic nitrogens is 2. The average Bonchev–Trinajstić information content (AvgIpc) is 2.31. The van der Waals surface area contributed by atoms with Crippen molar-refractivity contribution in [1.82, 2.24) is 9.97 Å². The van der Waals surface area contributed by atoms with Crippen molar-refractivity contribution in [1.29, 1.82) is 0 Å². The molecule has 0 aliphatic heterocycles. The highest BCUT2D eigenvalue weighted by atomic mass is 16.1. The highest BCUT2D eigenvalue weighted by Gasteiger charge is 2.02. The zero-order valence-electron chi connectivity index (χ0n) is 8.42. The Morgan fingerprint density at radius 3 is 2.31 bits per heavy atom. The summed E-state index contributed by atoms with van der Waals surface area (Å²) in [6, 6.07) is 9.51. The first-order chi connectivity index (χ1) is 7.75. The zero-order chi connectivity index (χ0) is 11.4. The van der Waals surface area contributed by atoms with Crippen molar-refractivity contribution < 1.29 is 4.79 Å². The van der Waals surface area contributed by atoms with Gasteiger partial charge in [-0.1, -0.05) is 18.2 Å². The summed E-state index contributed by atoms with van der Waals surface area (Å²) in [6.07, 6.45) is 2.78. The Balaban J connectivity index is 2.14. The standard InChI is InChI=1S/C11H10N4O/c12-10(16)8-6-13-11(14-7-8)15-9-4-2-1-3-5-9/h1-7H,(H2,12,16)(H,13,14,15). The second-order valence-corrected chi connectivity index (χ2v) is 3.15. The number of para-hydroxylation sites is 1. The van der Waals surface area contributed by atoms with E-state index in [1.807, 2.05) is 30.3 Å².